The number of nitrogens with two attached hydrogens (primary N) is 1. The normalized spacial score (nSPS) is 24.8. The topological polar surface area (TPSA) is 135 Å². The summed E-state index contributed by atoms with van der Waals surface area (Å²) in [4.78, 5) is 27.8. The highest BCUT2D eigenvalue weighted by Gasteiger charge is 2.52. The number of benzene rings is 2. The third-order valence-corrected chi connectivity index (χ3v) is 12.1. The van der Waals surface area contributed by atoms with Crippen LogP contribution in [0.1, 0.15) is 44.1 Å². The zero-order valence-electron chi connectivity index (χ0n) is 26.2. The Morgan fingerprint density at radius 2 is 2.00 bits per heavy atom. The van der Waals surface area contributed by atoms with Gasteiger partial charge in [0, 0.05) is 48.9 Å². The number of aromatic nitrogens is 2. The Morgan fingerprint density at radius 1 is 1.18 bits per heavy atom. The summed E-state index contributed by atoms with van der Waals surface area (Å²) < 4.78 is 52.8. The Kier molecular flexibility index (Phi) is 7.55. The van der Waals surface area contributed by atoms with Gasteiger partial charge in [-0.3, -0.25) is 9.69 Å². The summed E-state index contributed by atoms with van der Waals surface area (Å²) >= 11 is 7.74. The van der Waals surface area contributed by atoms with E-state index >= 15 is 4.39 Å². The van der Waals surface area contributed by atoms with Gasteiger partial charge in [-0.05, 0) is 49.9 Å². The van der Waals surface area contributed by atoms with E-state index in [0.717, 1.165) is 37.1 Å². The molecule has 2 N–H and O–H groups in total. The molecule has 10 nitrogen and oxygen atoms in total. The molecule has 0 unspecified atom stereocenters. The molecule has 4 aliphatic rings. The van der Waals surface area contributed by atoms with Gasteiger partial charge in [0.05, 0.1) is 32.4 Å². The first kappa shape index (κ1) is 31.9. The molecule has 0 aliphatic carbocycles. The van der Waals surface area contributed by atoms with Crippen LogP contribution in [0.25, 0.3) is 32.1 Å². The second-order valence-electron chi connectivity index (χ2n) is 13.4. The molecule has 0 saturated carbocycles. The minimum absolute atomic E-state index is 0.00565. The zero-order chi connectivity index (χ0) is 34.2. The van der Waals surface area contributed by atoms with E-state index in [-0.39, 0.29) is 67.3 Å². The van der Waals surface area contributed by atoms with Crippen LogP contribution in [-0.2, 0) is 4.79 Å². The fourth-order valence-corrected chi connectivity index (χ4v) is 9.67. The van der Waals surface area contributed by atoms with Gasteiger partial charge in [-0.15, -0.1) is 11.3 Å². The number of fused-ring (bicyclic) bond motifs is 3. The van der Waals surface area contributed by atoms with Crippen molar-refractivity contribution < 1.29 is 22.7 Å². The van der Waals surface area contributed by atoms with Gasteiger partial charge in [-0.2, -0.15) is 20.5 Å². The Hall–Kier alpha value is -4.37. The van der Waals surface area contributed by atoms with E-state index in [1.54, 1.807) is 11.0 Å². The van der Waals surface area contributed by atoms with Gasteiger partial charge in [0.1, 0.15) is 47.4 Å². The van der Waals surface area contributed by atoms with E-state index in [0.29, 0.717) is 50.2 Å². The molecular weight excluding hydrogens is 677 g/mol. The lowest BCUT2D eigenvalue weighted by molar-refractivity contribution is -0.144. The third-order valence-electron chi connectivity index (χ3n) is 10.8. The maximum absolute atomic E-state index is 17.0. The van der Waals surface area contributed by atoms with Crippen LogP contribution in [0, 0.1) is 34.3 Å². The first-order valence-corrected chi connectivity index (χ1v) is 17.3. The molecule has 49 heavy (non-hydrogen) atoms. The summed E-state index contributed by atoms with van der Waals surface area (Å²) in [6.45, 7) is 2.67. The second-order valence-corrected chi connectivity index (χ2v) is 14.9. The summed E-state index contributed by atoms with van der Waals surface area (Å²) in [6, 6.07) is 7.97. The van der Waals surface area contributed by atoms with E-state index in [9.17, 15) is 18.8 Å². The molecule has 6 heterocycles. The van der Waals surface area contributed by atoms with Crippen LogP contribution in [0.5, 0.6) is 6.01 Å². The number of nitrogens with zero attached hydrogens (tertiary/aromatic N) is 7. The summed E-state index contributed by atoms with van der Waals surface area (Å²) in [6.07, 6.45) is 2.20. The largest absolute Gasteiger partial charge is 0.461 e. The van der Waals surface area contributed by atoms with Crippen LogP contribution < -0.4 is 15.4 Å². The fraction of sp³-hybridized carbons (Fsp3) is 0.441. The number of thiophene rings is 1. The predicted octanol–water partition coefficient (Wildman–Crippen LogP) is 5.95. The standard InChI is InChI=1S/C34H30ClF3N8O2S/c35-22-12-20-28(27(38)26(22)19-2-3-23(37)29-25(19)21(14-40)30(41)49-29)42-32(48-17-34-5-1-9-45(34)15-18(36)13-34)43-31(20)44-10-6-33(16-44)7-11-46(33)24(47)4-8-39/h2-3,12,18H,1,4-7,9-11,13,15-17,41H2/t18-,33-,34+/m1/s1. The van der Waals surface area contributed by atoms with Crippen LogP contribution in [0.4, 0.5) is 24.0 Å². The highest BCUT2D eigenvalue weighted by atomic mass is 35.5. The molecule has 1 spiro atoms. The summed E-state index contributed by atoms with van der Waals surface area (Å²) in [5.41, 5.74) is 5.12. The van der Waals surface area contributed by atoms with Crippen molar-refractivity contribution >= 4 is 60.7 Å². The smallest absolute Gasteiger partial charge is 0.319 e. The number of alkyl halides is 1. The summed E-state index contributed by atoms with van der Waals surface area (Å²) in [5, 5.41) is 19.6. The van der Waals surface area contributed by atoms with Gasteiger partial charge in [0.2, 0.25) is 5.91 Å². The van der Waals surface area contributed by atoms with E-state index in [2.05, 4.69) is 9.88 Å². The molecular formula is C34H30ClF3N8O2S. The third kappa shape index (κ3) is 4.87. The van der Waals surface area contributed by atoms with Gasteiger partial charge >= 0.3 is 6.01 Å². The zero-order valence-corrected chi connectivity index (χ0v) is 27.8. The quantitative estimate of drug-likeness (QED) is 0.258. The van der Waals surface area contributed by atoms with Crippen LogP contribution in [0.2, 0.25) is 5.02 Å². The highest BCUT2D eigenvalue weighted by molar-refractivity contribution is 7.23. The maximum Gasteiger partial charge on any atom is 0.319 e. The molecule has 3 atom stereocenters. The van der Waals surface area contributed by atoms with E-state index < -0.39 is 28.9 Å². The van der Waals surface area contributed by atoms with Gasteiger partial charge in [0.25, 0.3) is 0 Å². The van der Waals surface area contributed by atoms with Crippen molar-refractivity contribution in [2.45, 2.75) is 55.8 Å². The number of halogens is 4. The predicted molar refractivity (Wildman–Crippen MR) is 179 cm³/mol. The lowest BCUT2D eigenvalue weighted by Gasteiger charge is -2.50. The highest BCUT2D eigenvalue weighted by Crippen LogP contribution is 2.48. The molecule has 252 valence electrons. The molecule has 1 amide bonds. The lowest BCUT2D eigenvalue weighted by Crippen LogP contribution is -2.63. The van der Waals surface area contributed by atoms with Gasteiger partial charge in [-0.25, -0.2) is 13.2 Å². The second kappa shape index (κ2) is 11.6. The monoisotopic (exact) mass is 706 g/mol. The number of carbonyl (C=O) groups excluding carboxylic acids is 1. The van der Waals surface area contributed by atoms with Crippen LogP contribution >= 0.6 is 22.9 Å². The van der Waals surface area contributed by atoms with Crippen molar-refractivity contribution in [1.29, 1.82) is 10.5 Å². The van der Waals surface area contributed by atoms with Crippen molar-refractivity contribution in [3.05, 3.63) is 40.4 Å². The average molecular weight is 707 g/mol. The van der Waals surface area contributed by atoms with Crippen molar-refractivity contribution in [3.63, 3.8) is 0 Å². The molecule has 4 fully saturated rings. The average Bonchev–Trinajstić information content (AvgIpc) is 3.82. The maximum atomic E-state index is 17.0. The summed E-state index contributed by atoms with van der Waals surface area (Å²) in [5.74, 6) is -1.28. The van der Waals surface area contributed by atoms with Crippen molar-refractivity contribution in [3.8, 4) is 29.3 Å². The Balaban J connectivity index is 1.26. The van der Waals surface area contributed by atoms with Gasteiger partial charge in [0.15, 0.2) is 5.82 Å². The fourth-order valence-electron chi connectivity index (χ4n) is 8.42. The molecule has 0 bridgehead atoms. The Morgan fingerprint density at radius 3 is 2.76 bits per heavy atom. The Labute approximate surface area is 288 Å². The lowest BCUT2D eigenvalue weighted by atomic mass is 9.83. The first-order valence-electron chi connectivity index (χ1n) is 16.1. The molecule has 2 aromatic heterocycles. The molecule has 8 rings (SSSR count). The molecule has 15 heteroatoms. The minimum atomic E-state index is -0.967. The number of anilines is 2. The van der Waals surface area contributed by atoms with Crippen molar-refractivity contribution in [1.82, 2.24) is 19.8 Å². The molecule has 0 radical (unpaired) electrons. The SMILES string of the molecule is N#CCC(=O)N1CC[C@@]12CCN(c1nc(OC[C@@]34CCCN3C[C@H](F)C4)nc3c(F)c(-c4ccc(F)c5sc(N)c(C#N)c45)c(Cl)cc13)C2. The summed E-state index contributed by atoms with van der Waals surface area (Å²) in [7, 11) is 0. The van der Waals surface area contributed by atoms with E-state index in [1.807, 2.05) is 17.0 Å². The van der Waals surface area contributed by atoms with Crippen LogP contribution in [-0.4, -0.2) is 82.3 Å². The van der Waals surface area contributed by atoms with E-state index in [1.165, 1.54) is 12.1 Å². The number of hydrogen-bond donors (Lipinski definition) is 1. The van der Waals surface area contributed by atoms with Crippen LogP contribution in [0.3, 0.4) is 0 Å². The number of ether oxygens (including phenoxy) is 1. The van der Waals surface area contributed by atoms with Gasteiger partial charge in [-0.1, -0.05) is 17.7 Å². The minimum Gasteiger partial charge on any atom is -0.461 e. The molecule has 4 aliphatic heterocycles. The Bertz CT molecular complexity index is 2150. The molecule has 4 saturated heterocycles. The number of amides is 1. The van der Waals surface area contributed by atoms with Crippen LogP contribution in [0.15, 0.2) is 18.2 Å². The number of rotatable bonds is 6. The molecule has 2 aromatic carbocycles. The number of nitrogen functional groups attached to an aromatic ring is 1. The number of likely N-dealkylation sites (tertiary alicyclic amines) is 1. The first-order chi connectivity index (χ1) is 23.6. The van der Waals surface area contributed by atoms with Gasteiger partial charge < -0.3 is 20.3 Å². The number of carbonyl (C=O) groups is 1. The van der Waals surface area contributed by atoms with Crippen molar-refractivity contribution in [2.75, 3.05) is 50.0 Å². The number of nitriles is 2. The number of hydrogen-bond acceptors (Lipinski definition) is 10. The molecule has 4 aromatic rings. The van der Waals surface area contributed by atoms with E-state index in [4.69, 9.17) is 32.3 Å². The van der Waals surface area contributed by atoms with Crippen molar-refractivity contribution in [2.24, 2.45) is 0 Å².